The summed E-state index contributed by atoms with van der Waals surface area (Å²) in [4.78, 5) is 4.91. The maximum absolute atomic E-state index is 10.5. The third-order valence-electron chi connectivity index (χ3n) is 4.69. The molecule has 0 amide bonds. The van der Waals surface area contributed by atoms with Gasteiger partial charge in [-0.15, -0.1) is 0 Å². The van der Waals surface area contributed by atoms with Crippen LogP contribution in [0.5, 0.6) is 0 Å². The molecule has 0 aromatic carbocycles. The van der Waals surface area contributed by atoms with Gasteiger partial charge in [-0.25, -0.2) is 0 Å². The van der Waals surface area contributed by atoms with Crippen molar-refractivity contribution in [1.82, 2.24) is 15.1 Å². The minimum Gasteiger partial charge on any atom is -0.389 e. The first-order chi connectivity index (χ1) is 9.18. The molecule has 4 heteroatoms. The van der Waals surface area contributed by atoms with Gasteiger partial charge in [0.1, 0.15) is 0 Å². The predicted octanol–water partition coefficient (Wildman–Crippen LogP) is 0.909. The fourth-order valence-corrected chi connectivity index (χ4v) is 3.19. The Morgan fingerprint density at radius 3 is 2.26 bits per heavy atom. The zero-order valence-corrected chi connectivity index (χ0v) is 12.5. The quantitative estimate of drug-likeness (QED) is 0.575. The average Bonchev–Trinajstić information content (AvgIpc) is 2.62. The minimum absolute atomic E-state index is 0.432. The van der Waals surface area contributed by atoms with Crippen molar-refractivity contribution in [1.29, 1.82) is 0 Å². The molecule has 0 aromatic rings. The maximum Gasteiger partial charge on any atom is 0.0771 e. The highest BCUT2D eigenvalue weighted by molar-refractivity contribution is 4.83. The number of nitrogens with zero attached hydrogens (tertiary/aromatic N) is 2. The first-order valence-corrected chi connectivity index (χ1v) is 8.02. The fourth-order valence-electron chi connectivity index (χ4n) is 3.19. The highest BCUT2D eigenvalue weighted by atomic mass is 16.3. The van der Waals surface area contributed by atoms with Crippen LogP contribution in [0.15, 0.2) is 0 Å². The first-order valence-electron chi connectivity index (χ1n) is 8.02. The van der Waals surface area contributed by atoms with Crippen LogP contribution in [0.3, 0.4) is 0 Å². The number of hydrogen-bond donors (Lipinski definition) is 2. The standard InChI is InChI=1S/C15H31N3O/c1-17-10-12-18(13-11-17)9-8-16-14-15(19)6-4-2-3-5-7-15/h16,19H,2-14H2,1H3. The molecule has 4 nitrogen and oxygen atoms in total. The lowest BCUT2D eigenvalue weighted by Gasteiger charge is -2.33. The van der Waals surface area contributed by atoms with Crippen LogP contribution in [0.1, 0.15) is 38.5 Å². The van der Waals surface area contributed by atoms with Crippen LogP contribution < -0.4 is 5.32 Å². The maximum atomic E-state index is 10.5. The number of aliphatic hydroxyl groups is 1. The molecular weight excluding hydrogens is 238 g/mol. The molecule has 0 atom stereocenters. The lowest BCUT2D eigenvalue weighted by Crippen LogP contribution is -2.48. The number of likely N-dealkylation sites (N-methyl/N-ethyl adjacent to an activating group) is 1. The van der Waals surface area contributed by atoms with E-state index in [1.54, 1.807) is 0 Å². The van der Waals surface area contributed by atoms with Gasteiger partial charge in [0.05, 0.1) is 5.60 Å². The molecule has 1 heterocycles. The van der Waals surface area contributed by atoms with Gasteiger partial charge in [0, 0.05) is 45.8 Å². The Morgan fingerprint density at radius 1 is 1.00 bits per heavy atom. The van der Waals surface area contributed by atoms with Crippen molar-refractivity contribution >= 4 is 0 Å². The van der Waals surface area contributed by atoms with Crippen molar-refractivity contribution in [2.75, 3.05) is 52.9 Å². The summed E-state index contributed by atoms with van der Waals surface area (Å²) >= 11 is 0. The van der Waals surface area contributed by atoms with Gasteiger partial charge in [0.2, 0.25) is 0 Å². The second-order valence-electron chi connectivity index (χ2n) is 6.46. The van der Waals surface area contributed by atoms with Crippen LogP contribution in [-0.2, 0) is 0 Å². The molecule has 2 fully saturated rings. The zero-order chi connectivity index (χ0) is 13.6. The van der Waals surface area contributed by atoms with Crippen molar-refractivity contribution in [3.63, 3.8) is 0 Å². The summed E-state index contributed by atoms with van der Waals surface area (Å²) in [6.07, 6.45) is 6.93. The number of nitrogens with one attached hydrogen (secondary N) is 1. The molecule has 2 N–H and O–H groups in total. The Hall–Kier alpha value is -0.160. The van der Waals surface area contributed by atoms with Crippen LogP contribution in [0.2, 0.25) is 0 Å². The van der Waals surface area contributed by atoms with Crippen LogP contribution in [-0.4, -0.2) is 73.4 Å². The molecule has 1 saturated heterocycles. The second kappa shape index (κ2) is 7.58. The molecule has 1 saturated carbocycles. The molecule has 1 aliphatic heterocycles. The first kappa shape index (κ1) is 15.2. The molecule has 112 valence electrons. The van der Waals surface area contributed by atoms with Crippen molar-refractivity contribution in [3.8, 4) is 0 Å². The molecule has 0 unspecified atom stereocenters. The van der Waals surface area contributed by atoms with E-state index >= 15 is 0 Å². The third kappa shape index (κ3) is 5.38. The van der Waals surface area contributed by atoms with Crippen LogP contribution in [0.25, 0.3) is 0 Å². The predicted molar refractivity (Wildman–Crippen MR) is 79.5 cm³/mol. The van der Waals surface area contributed by atoms with Gasteiger partial charge >= 0.3 is 0 Å². The summed E-state index contributed by atoms with van der Waals surface area (Å²) in [6, 6.07) is 0. The van der Waals surface area contributed by atoms with E-state index in [4.69, 9.17) is 0 Å². The largest absolute Gasteiger partial charge is 0.389 e. The highest BCUT2D eigenvalue weighted by Gasteiger charge is 2.27. The van der Waals surface area contributed by atoms with E-state index in [1.807, 2.05) is 0 Å². The Morgan fingerprint density at radius 2 is 1.63 bits per heavy atom. The lowest BCUT2D eigenvalue weighted by atomic mass is 9.94. The van der Waals surface area contributed by atoms with Gasteiger partial charge in [0.15, 0.2) is 0 Å². The molecule has 0 radical (unpaired) electrons. The van der Waals surface area contributed by atoms with E-state index in [-0.39, 0.29) is 0 Å². The van der Waals surface area contributed by atoms with Crippen molar-refractivity contribution in [3.05, 3.63) is 0 Å². The van der Waals surface area contributed by atoms with Crippen molar-refractivity contribution < 1.29 is 5.11 Å². The Labute approximate surface area is 118 Å². The highest BCUT2D eigenvalue weighted by Crippen LogP contribution is 2.26. The minimum atomic E-state index is -0.432. The molecule has 1 aliphatic carbocycles. The van der Waals surface area contributed by atoms with E-state index in [0.717, 1.165) is 32.5 Å². The number of rotatable bonds is 5. The third-order valence-corrected chi connectivity index (χ3v) is 4.69. The van der Waals surface area contributed by atoms with Crippen molar-refractivity contribution in [2.24, 2.45) is 0 Å². The SMILES string of the molecule is CN1CCN(CCNCC2(O)CCCCCC2)CC1. The van der Waals surface area contributed by atoms with Gasteiger partial charge < -0.3 is 15.3 Å². The summed E-state index contributed by atoms with van der Waals surface area (Å²) in [5, 5.41) is 14.0. The normalized spacial score (nSPS) is 26.2. The Kier molecular flexibility index (Phi) is 6.07. The van der Waals surface area contributed by atoms with Gasteiger partial charge in [-0.05, 0) is 19.9 Å². The summed E-state index contributed by atoms with van der Waals surface area (Å²) in [5.41, 5.74) is -0.432. The average molecular weight is 269 g/mol. The summed E-state index contributed by atoms with van der Waals surface area (Å²) < 4.78 is 0. The van der Waals surface area contributed by atoms with Crippen molar-refractivity contribution in [2.45, 2.75) is 44.1 Å². The van der Waals surface area contributed by atoms with E-state index in [0.29, 0.717) is 0 Å². The van der Waals surface area contributed by atoms with E-state index in [2.05, 4.69) is 22.2 Å². The smallest absolute Gasteiger partial charge is 0.0771 e. The van der Waals surface area contributed by atoms with E-state index in [1.165, 1.54) is 51.9 Å². The molecule has 2 aliphatic rings. The number of piperazine rings is 1. The fraction of sp³-hybridized carbons (Fsp3) is 1.00. The lowest BCUT2D eigenvalue weighted by molar-refractivity contribution is 0.0246. The van der Waals surface area contributed by atoms with Gasteiger partial charge in [-0.1, -0.05) is 25.7 Å². The molecule has 0 bridgehead atoms. The summed E-state index contributed by atoms with van der Waals surface area (Å²) in [6.45, 7) is 7.63. The number of hydrogen-bond acceptors (Lipinski definition) is 4. The summed E-state index contributed by atoms with van der Waals surface area (Å²) in [5.74, 6) is 0. The molecule has 0 aromatic heterocycles. The van der Waals surface area contributed by atoms with E-state index in [9.17, 15) is 5.11 Å². The second-order valence-corrected chi connectivity index (χ2v) is 6.46. The molecule has 0 spiro atoms. The van der Waals surface area contributed by atoms with E-state index < -0.39 is 5.60 Å². The Balaban J connectivity index is 1.58. The molecule has 19 heavy (non-hydrogen) atoms. The Bertz CT molecular complexity index is 244. The monoisotopic (exact) mass is 269 g/mol. The van der Waals surface area contributed by atoms with Gasteiger partial charge in [-0.2, -0.15) is 0 Å². The molecule has 2 rings (SSSR count). The molecular formula is C15H31N3O. The van der Waals surface area contributed by atoms with Gasteiger partial charge in [0.25, 0.3) is 0 Å². The van der Waals surface area contributed by atoms with Crippen LogP contribution in [0, 0.1) is 0 Å². The van der Waals surface area contributed by atoms with Gasteiger partial charge in [-0.3, -0.25) is 4.90 Å². The zero-order valence-electron chi connectivity index (χ0n) is 12.5. The topological polar surface area (TPSA) is 38.7 Å². The summed E-state index contributed by atoms with van der Waals surface area (Å²) in [7, 11) is 2.19. The van der Waals surface area contributed by atoms with Crippen LogP contribution >= 0.6 is 0 Å². The van der Waals surface area contributed by atoms with Crippen LogP contribution in [0.4, 0.5) is 0 Å².